The van der Waals surface area contributed by atoms with Crippen LogP contribution in [0.25, 0.3) is 0 Å². The van der Waals surface area contributed by atoms with E-state index in [-0.39, 0.29) is 17.6 Å². The van der Waals surface area contributed by atoms with Crippen LogP contribution in [0.3, 0.4) is 0 Å². The van der Waals surface area contributed by atoms with Gasteiger partial charge in [0.25, 0.3) is 0 Å². The fourth-order valence-corrected chi connectivity index (χ4v) is 2.77. The molecule has 1 aliphatic heterocycles. The van der Waals surface area contributed by atoms with Gasteiger partial charge in [-0.15, -0.1) is 0 Å². The minimum absolute atomic E-state index is 0.0541. The minimum Gasteiger partial charge on any atom is -0.512 e. The van der Waals surface area contributed by atoms with Crippen LogP contribution >= 0.6 is 0 Å². The normalized spacial score (nSPS) is 15.4. The van der Waals surface area contributed by atoms with E-state index in [9.17, 15) is 9.18 Å². The van der Waals surface area contributed by atoms with Gasteiger partial charge >= 0.3 is 13.3 Å². The Balaban J connectivity index is 1.91. The summed E-state index contributed by atoms with van der Waals surface area (Å²) in [6.45, 7) is 3.49. The van der Waals surface area contributed by atoms with E-state index in [0.717, 1.165) is 18.9 Å². The van der Waals surface area contributed by atoms with Crippen LogP contribution in [0.2, 0.25) is 0 Å². The van der Waals surface area contributed by atoms with Crippen molar-refractivity contribution in [1.29, 1.82) is 0 Å². The van der Waals surface area contributed by atoms with Crippen molar-refractivity contribution in [3.63, 3.8) is 0 Å². The van der Waals surface area contributed by atoms with Crippen LogP contribution in [0, 0.1) is 11.7 Å². The molecule has 0 atom stereocenters. The maximum Gasteiger partial charge on any atom is 0.707 e. The lowest BCUT2D eigenvalue weighted by Crippen LogP contribution is -2.35. The predicted molar refractivity (Wildman–Crippen MR) is 83.4 cm³/mol. The Bertz CT molecular complexity index is 535. The van der Waals surface area contributed by atoms with Crippen molar-refractivity contribution in [2.75, 3.05) is 24.6 Å². The van der Waals surface area contributed by atoms with Gasteiger partial charge in [0.15, 0.2) is 0 Å². The first kappa shape index (κ1) is 17.6. The maximum absolute atomic E-state index is 14.1. The lowest BCUT2D eigenvalue weighted by Gasteiger charge is -2.33. The molecule has 8 heteroatoms. The first-order valence-electron chi connectivity index (χ1n) is 7.72. The highest BCUT2D eigenvalue weighted by Crippen LogP contribution is 2.29. The predicted octanol–water partition coefficient (Wildman–Crippen LogP) is 1.34. The van der Waals surface area contributed by atoms with Crippen molar-refractivity contribution >= 4 is 19.0 Å². The van der Waals surface area contributed by atoms with Gasteiger partial charge in [0.05, 0.1) is 12.3 Å². The number of ether oxygens (including phenoxy) is 1. The second-order valence-corrected chi connectivity index (χ2v) is 5.50. The molecule has 1 saturated heterocycles. The van der Waals surface area contributed by atoms with Crippen LogP contribution in [-0.4, -0.2) is 43.0 Å². The number of nitrogens with zero attached hydrogens (tertiary/aromatic N) is 1. The monoisotopic (exact) mass is 325 g/mol. The smallest absolute Gasteiger partial charge is 0.512 e. The summed E-state index contributed by atoms with van der Waals surface area (Å²) in [5.74, 6) is -0.341. The molecule has 0 unspecified atom stereocenters. The standard InChI is InChI=1S/C15H21BFNO5/c1-2-22-15(19)9-11-5-7-18(8-6-11)14-4-3-12(10-13(14)17)23-16(20)21/h3-4,10-11,20-21H,2,5-9H2,1H3. The Morgan fingerprint density at radius 3 is 2.65 bits per heavy atom. The number of benzene rings is 1. The van der Waals surface area contributed by atoms with E-state index in [1.54, 1.807) is 13.0 Å². The maximum atomic E-state index is 14.1. The van der Waals surface area contributed by atoms with Crippen molar-refractivity contribution in [3.8, 4) is 5.75 Å². The summed E-state index contributed by atoms with van der Waals surface area (Å²) in [5.41, 5.74) is 0.444. The summed E-state index contributed by atoms with van der Waals surface area (Å²) in [7, 11) is -1.97. The molecular formula is C15H21BFNO5. The van der Waals surface area contributed by atoms with E-state index in [0.29, 0.717) is 31.8 Å². The van der Waals surface area contributed by atoms with Crippen LogP contribution in [0.5, 0.6) is 5.75 Å². The Hall–Kier alpha value is -1.80. The number of halogens is 1. The summed E-state index contributed by atoms with van der Waals surface area (Å²) in [4.78, 5) is 13.4. The average Bonchev–Trinajstić information content (AvgIpc) is 2.48. The molecule has 1 fully saturated rings. The lowest BCUT2D eigenvalue weighted by atomic mass is 9.93. The van der Waals surface area contributed by atoms with Crippen LogP contribution in [0.1, 0.15) is 26.2 Å². The molecule has 0 amide bonds. The van der Waals surface area contributed by atoms with E-state index >= 15 is 0 Å². The second kappa shape index (κ2) is 8.17. The van der Waals surface area contributed by atoms with E-state index in [2.05, 4.69) is 4.65 Å². The zero-order valence-corrected chi connectivity index (χ0v) is 13.1. The number of carbonyl (C=O) groups excluding carboxylic acids is 1. The quantitative estimate of drug-likeness (QED) is 0.607. The van der Waals surface area contributed by atoms with E-state index in [1.807, 2.05) is 4.90 Å². The average molecular weight is 325 g/mol. The van der Waals surface area contributed by atoms with Gasteiger partial charge in [0, 0.05) is 25.6 Å². The number of piperidine rings is 1. The lowest BCUT2D eigenvalue weighted by molar-refractivity contribution is -0.144. The molecule has 6 nitrogen and oxygen atoms in total. The number of anilines is 1. The highest BCUT2D eigenvalue weighted by Gasteiger charge is 2.24. The molecule has 0 aromatic heterocycles. The largest absolute Gasteiger partial charge is 0.707 e. The number of rotatable bonds is 6. The molecule has 0 radical (unpaired) electrons. The molecule has 0 aliphatic carbocycles. The second-order valence-electron chi connectivity index (χ2n) is 5.50. The van der Waals surface area contributed by atoms with Gasteiger partial charge in [-0.25, -0.2) is 4.39 Å². The molecule has 126 valence electrons. The molecule has 2 rings (SSSR count). The molecular weight excluding hydrogens is 304 g/mol. The molecule has 0 saturated carbocycles. The third-order valence-corrected chi connectivity index (χ3v) is 3.88. The Labute approximate surface area is 135 Å². The number of carbonyl (C=O) groups is 1. The van der Waals surface area contributed by atoms with Gasteiger partial charge in [-0.3, -0.25) is 4.79 Å². The minimum atomic E-state index is -1.97. The SMILES string of the molecule is CCOC(=O)CC1CCN(c2ccc(OB(O)O)cc2F)CC1. The van der Waals surface area contributed by atoms with Gasteiger partial charge in [0.2, 0.25) is 0 Å². The summed E-state index contributed by atoms with van der Waals surface area (Å²) in [6.07, 6.45) is 2.00. The van der Waals surface area contributed by atoms with Crippen LogP contribution in [0.4, 0.5) is 10.1 Å². The molecule has 23 heavy (non-hydrogen) atoms. The molecule has 1 aromatic rings. The highest BCUT2D eigenvalue weighted by molar-refractivity contribution is 6.33. The van der Waals surface area contributed by atoms with Crippen molar-refractivity contribution in [3.05, 3.63) is 24.0 Å². The van der Waals surface area contributed by atoms with E-state index in [4.69, 9.17) is 14.8 Å². The fraction of sp³-hybridized carbons (Fsp3) is 0.533. The van der Waals surface area contributed by atoms with E-state index < -0.39 is 13.1 Å². The van der Waals surface area contributed by atoms with Crippen molar-refractivity contribution in [1.82, 2.24) is 0 Å². The molecule has 0 bridgehead atoms. The Kier molecular flexibility index (Phi) is 6.24. The molecule has 1 heterocycles. The molecule has 1 aromatic carbocycles. The van der Waals surface area contributed by atoms with Crippen molar-refractivity contribution in [2.45, 2.75) is 26.2 Å². The summed E-state index contributed by atoms with van der Waals surface area (Å²) >= 11 is 0. The van der Waals surface area contributed by atoms with Gasteiger partial charge in [-0.1, -0.05) is 0 Å². The summed E-state index contributed by atoms with van der Waals surface area (Å²) in [6, 6.07) is 4.17. The highest BCUT2D eigenvalue weighted by atomic mass is 19.1. The Morgan fingerprint density at radius 1 is 1.39 bits per heavy atom. The van der Waals surface area contributed by atoms with Crippen molar-refractivity contribution < 1.29 is 28.6 Å². The van der Waals surface area contributed by atoms with Gasteiger partial charge in [-0.05, 0) is 37.8 Å². The number of esters is 1. The first-order valence-corrected chi connectivity index (χ1v) is 7.72. The van der Waals surface area contributed by atoms with Crippen LogP contribution < -0.4 is 9.55 Å². The van der Waals surface area contributed by atoms with Crippen molar-refractivity contribution in [2.24, 2.45) is 5.92 Å². The zero-order chi connectivity index (χ0) is 16.8. The van der Waals surface area contributed by atoms with E-state index in [1.165, 1.54) is 6.07 Å². The molecule has 0 spiro atoms. The van der Waals surface area contributed by atoms with Crippen LogP contribution in [-0.2, 0) is 9.53 Å². The summed E-state index contributed by atoms with van der Waals surface area (Å²) in [5, 5.41) is 17.4. The van der Waals surface area contributed by atoms with Crippen LogP contribution in [0.15, 0.2) is 18.2 Å². The van der Waals surface area contributed by atoms with Gasteiger partial charge < -0.3 is 24.3 Å². The van der Waals surface area contributed by atoms with Gasteiger partial charge in [-0.2, -0.15) is 0 Å². The summed E-state index contributed by atoms with van der Waals surface area (Å²) < 4.78 is 23.7. The first-order chi connectivity index (χ1) is 11.0. The number of hydrogen-bond acceptors (Lipinski definition) is 6. The molecule has 2 N–H and O–H groups in total. The Morgan fingerprint density at radius 2 is 2.09 bits per heavy atom. The topological polar surface area (TPSA) is 79.2 Å². The molecule has 1 aliphatic rings. The number of hydrogen-bond donors (Lipinski definition) is 2. The third-order valence-electron chi connectivity index (χ3n) is 3.88. The zero-order valence-electron chi connectivity index (χ0n) is 13.1. The van der Waals surface area contributed by atoms with Gasteiger partial charge in [0.1, 0.15) is 11.6 Å². The fourth-order valence-electron chi connectivity index (χ4n) is 2.77. The third kappa shape index (κ3) is 5.11.